The predicted octanol–water partition coefficient (Wildman–Crippen LogP) is 3.66. The van der Waals surface area contributed by atoms with Crippen LogP contribution in [0.1, 0.15) is 59.3 Å². The van der Waals surface area contributed by atoms with Crippen LogP contribution in [0.15, 0.2) is 36.7 Å². The van der Waals surface area contributed by atoms with E-state index in [0.29, 0.717) is 23.2 Å². The van der Waals surface area contributed by atoms with Gasteiger partial charge in [0, 0.05) is 38.0 Å². The van der Waals surface area contributed by atoms with Crippen molar-refractivity contribution >= 4 is 5.91 Å². The van der Waals surface area contributed by atoms with Crippen molar-refractivity contribution in [1.82, 2.24) is 29.5 Å². The van der Waals surface area contributed by atoms with Crippen molar-refractivity contribution in [3.8, 4) is 17.2 Å². The Balaban J connectivity index is 1.25. The summed E-state index contributed by atoms with van der Waals surface area (Å²) in [5.74, 6) is 0.494. The molecule has 8 heteroatoms. The normalized spacial score (nSPS) is 18.6. The molecule has 6 rings (SSSR count). The maximum atomic E-state index is 13.6. The van der Waals surface area contributed by atoms with Crippen LogP contribution in [0.4, 0.5) is 0 Å². The number of fused-ring (bicyclic) bond motifs is 3. The molecule has 3 aromatic rings. The van der Waals surface area contributed by atoms with Crippen LogP contribution in [-0.4, -0.2) is 74.8 Å². The van der Waals surface area contributed by atoms with Gasteiger partial charge in [-0.15, -0.1) is 0 Å². The highest BCUT2D eigenvalue weighted by Crippen LogP contribution is 2.32. The minimum atomic E-state index is 0.0219. The second-order valence-corrected chi connectivity index (χ2v) is 10.2. The largest absolute Gasteiger partial charge is 0.378 e. The zero-order valence-corrected chi connectivity index (χ0v) is 21.0. The molecule has 2 fully saturated rings. The summed E-state index contributed by atoms with van der Waals surface area (Å²) in [7, 11) is 1.64. The minimum absolute atomic E-state index is 0.0219. The topological polar surface area (TPSA) is 76.4 Å². The number of hydrogen-bond donors (Lipinski definition) is 0. The van der Waals surface area contributed by atoms with Crippen molar-refractivity contribution in [2.24, 2.45) is 0 Å². The van der Waals surface area contributed by atoms with Crippen LogP contribution in [0.3, 0.4) is 0 Å². The lowest BCUT2D eigenvalue weighted by Gasteiger charge is -2.40. The van der Waals surface area contributed by atoms with Crippen molar-refractivity contribution in [3.63, 3.8) is 0 Å². The highest BCUT2D eigenvalue weighted by molar-refractivity contribution is 5.95. The van der Waals surface area contributed by atoms with Crippen LogP contribution in [0.25, 0.3) is 17.2 Å². The fourth-order valence-electron chi connectivity index (χ4n) is 6.04. The summed E-state index contributed by atoms with van der Waals surface area (Å²) in [4.78, 5) is 27.7. The van der Waals surface area contributed by atoms with Gasteiger partial charge in [0.15, 0.2) is 0 Å². The number of carbonyl (C=O) groups is 1. The molecule has 1 amide bonds. The Labute approximate surface area is 212 Å². The Morgan fingerprint density at radius 1 is 1.00 bits per heavy atom. The van der Waals surface area contributed by atoms with Crippen molar-refractivity contribution in [1.29, 1.82) is 0 Å². The molecule has 0 radical (unpaired) electrons. The lowest BCUT2D eigenvalue weighted by molar-refractivity contribution is 0.0586. The van der Waals surface area contributed by atoms with E-state index in [0.717, 1.165) is 55.6 Å². The quantitative estimate of drug-likeness (QED) is 0.548. The second kappa shape index (κ2) is 10.1. The number of aryl methyl sites for hydroxylation is 2. The van der Waals surface area contributed by atoms with Crippen LogP contribution < -0.4 is 0 Å². The molecule has 0 saturated carbocycles. The van der Waals surface area contributed by atoms with Gasteiger partial charge in [-0.05, 0) is 62.7 Å². The van der Waals surface area contributed by atoms with Crippen molar-refractivity contribution < 1.29 is 9.53 Å². The summed E-state index contributed by atoms with van der Waals surface area (Å²) in [5.41, 5.74) is 5.82. The molecular formula is C28H34N6O2. The lowest BCUT2D eigenvalue weighted by Crippen LogP contribution is -2.48. The zero-order chi connectivity index (χ0) is 24.5. The highest BCUT2D eigenvalue weighted by Gasteiger charge is 2.30. The predicted molar refractivity (Wildman–Crippen MR) is 137 cm³/mol. The molecule has 0 atom stereocenters. The summed E-state index contributed by atoms with van der Waals surface area (Å²) in [6.45, 7) is 4.24. The van der Waals surface area contributed by atoms with E-state index in [4.69, 9.17) is 9.72 Å². The standard InChI is InChI=1S/C28H34N6O2/c1-36-19-25-24(27(35)33-15-11-22(12-16-33)32-13-5-2-6-14-32)18-30-34(25)28-29-17-21-10-9-20-7-3-4-8-23(20)26(21)31-28/h3-4,7-8,17-18,22H,2,5-6,9-16,19H2,1H3. The number of likely N-dealkylation sites (tertiary alicyclic amines) is 2. The van der Waals surface area contributed by atoms with Gasteiger partial charge >= 0.3 is 0 Å². The van der Waals surface area contributed by atoms with Crippen molar-refractivity contribution in [3.05, 3.63) is 59.0 Å². The Bertz CT molecular complexity index is 1240. The molecule has 0 N–H and O–H groups in total. The first-order valence-corrected chi connectivity index (χ1v) is 13.3. The molecule has 2 saturated heterocycles. The van der Waals surface area contributed by atoms with Gasteiger partial charge < -0.3 is 14.5 Å². The smallest absolute Gasteiger partial charge is 0.257 e. The lowest BCUT2D eigenvalue weighted by atomic mass is 9.90. The Kier molecular flexibility index (Phi) is 6.54. The second-order valence-electron chi connectivity index (χ2n) is 10.2. The van der Waals surface area contributed by atoms with Crippen LogP contribution in [-0.2, 0) is 24.2 Å². The molecule has 2 aromatic heterocycles. The molecule has 36 heavy (non-hydrogen) atoms. The molecule has 1 aromatic carbocycles. The molecular weight excluding hydrogens is 452 g/mol. The van der Waals surface area contributed by atoms with Gasteiger partial charge in [0.2, 0.25) is 0 Å². The Morgan fingerprint density at radius 2 is 1.78 bits per heavy atom. The minimum Gasteiger partial charge on any atom is -0.378 e. The summed E-state index contributed by atoms with van der Waals surface area (Å²) in [6, 6.07) is 9.00. The molecule has 3 aliphatic rings. The van der Waals surface area contributed by atoms with Crippen molar-refractivity contribution in [2.45, 2.75) is 57.6 Å². The third kappa shape index (κ3) is 4.33. The zero-order valence-electron chi connectivity index (χ0n) is 21.0. The summed E-state index contributed by atoms with van der Waals surface area (Å²) in [5, 5.41) is 4.57. The molecule has 1 aliphatic carbocycles. The fraction of sp³-hybridized carbons (Fsp3) is 0.500. The number of ether oxygens (including phenoxy) is 1. The maximum Gasteiger partial charge on any atom is 0.257 e. The Hall–Kier alpha value is -3.10. The molecule has 4 heterocycles. The summed E-state index contributed by atoms with van der Waals surface area (Å²) >= 11 is 0. The average Bonchev–Trinajstić information content (AvgIpc) is 3.36. The molecule has 0 spiro atoms. The number of hydrogen-bond acceptors (Lipinski definition) is 6. The number of piperidine rings is 2. The van der Waals surface area contributed by atoms with Gasteiger partial charge in [-0.2, -0.15) is 9.78 Å². The van der Waals surface area contributed by atoms with E-state index in [1.165, 1.54) is 37.9 Å². The van der Waals surface area contributed by atoms with Crippen LogP contribution in [0, 0.1) is 0 Å². The number of nitrogens with zero attached hydrogens (tertiary/aromatic N) is 6. The fourth-order valence-corrected chi connectivity index (χ4v) is 6.04. The first kappa shape index (κ1) is 23.3. The number of carbonyl (C=O) groups excluding carboxylic acids is 1. The van der Waals surface area contributed by atoms with E-state index < -0.39 is 0 Å². The monoisotopic (exact) mass is 486 g/mol. The van der Waals surface area contributed by atoms with Gasteiger partial charge in [0.1, 0.15) is 0 Å². The molecule has 188 valence electrons. The van der Waals surface area contributed by atoms with E-state index in [2.05, 4.69) is 33.2 Å². The van der Waals surface area contributed by atoms with E-state index in [1.807, 2.05) is 17.2 Å². The first-order valence-electron chi connectivity index (χ1n) is 13.3. The Morgan fingerprint density at radius 3 is 2.58 bits per heavy atom. The van der Waals surface area contributed by atoms with Gasteiger partial charge in [-0.1, -0.05) is 30.7 Å². The molecule has 8 nitrogen and oxygen atoms in total. The van der Waals surface area contributed by atoms with Crippen LogP contribution >= 0.6 is 0 Å². The van der Waals surface area contributed by atoms with E-state index in [1.54, 1.807) is 18.0 Å². The molecule has 0 unspecified atom stereocenters. The van der Waals surface area contributed by atoms with Gasteiger partial charge in [0.25, 0.3) is 11.9 Å². The first-order chi connectivity index (χ1) is 17.7. The third-order valence-electron chi connectivity index (χ3n) is 8.02. The average molecular weight is 487 g/mol. The summed E-state index contributed by atoms with van der Waals surface area (Å²) in [6.07, 6.45) is 11.5. The van der Waals surface area contributed by atoms with Gasteiger partial charge in [0.05, 0.1) is 29.8 Å². The van der Waals surface area contributed by atoms with E-state index >= 15 is 0 Å². The molecule has 0 bridgehead atoms. The van der Waals surface area contributed by atoms with Crippen LogP contribution in [0.2, 0.25) is 0 Å². The van der Waals surface area contributed by atoms with E-state index in [-0.39, 0.29) is 12.5 Å². The highest BCUT2D eigenvalue weighted by atomic mass is 16.5. The van der Waals surface area contributed by atoms with E-state index in [9.17, 15) is 4.79 Å². The summed E-state index contributed by atoms with van der Waals surface area (Å²) < 4.78 is 7.17. The molecule has 2 aliphatic heterocycles. The SMILES string of the molecule is COCc1c(C(=O)N2CCC(N3CCCCC3)CC2)cnn1-c1ncc2c(n1)-c1ccccc1CC2. The van der Waals surface area contributed by atoms with Crippen LogP contribution in [0.5, 0.6) is 0 Å². The number of rotatable bonds is 5. The van der Waals surface area contributed by atoms with Gasteiger partial charge in [-0.3, -0.25) is 4.79 Å². The number of benzene rings is 1. The number of aromatic nitrogens is 4. The van der Waals surface area contributed by atoms with Crippen molar-refractivity contribution in [2.75, 3.05) is 33.3 Å². The van der Waals surface area contributed by atoms with Gasteiger partial charge in [-0.25, -0.2) is 9.97 Å². The maximum absolute atomic E-state index is 13.6. The number of methoxy groups -OCH3 is 1. The third-order valence-corrected chi connectivity index (χ3v) is 8.02. The number of amides is 1.